The van der Waals surface area contributed by atoms with Gasteiger partial charge in [0.2, 0.25) is 5.91 Å². The zero-order valence-electron chi connectivity index (χ0n) is 13.1. The lowest BCUT2D eigenvalue weighted by molar-refractivity contribution is -0.127. The van der Waals surface area contributed by atoms with Gasteiger partial charge in [-0.05, 0) is 44.9 Å². The molecule has 2 rings (SSSR count). The van der Waals surface area contributed by atoms with E-state index in [0.717, 1.165) is 17.8 Å². The number of amides is 1. The van der Waals surface area contributed by atoms with Crippen molar-refractivity contribution in [3.63, 3.8) is 0 Å². The fraction of sp³-hybridized carbons (Fsp3) is 0.867. The third kappa shape index (κ3) is 3.87. The summed E-state index contributed by atoms with van der Waals surface area (Å²) in [5, 5.41) is 6.87. The van der Waals surface area contributed by atoms with E-state index in [1.165, 1.54) is 25.7 Å². The molecule has 0 aromatic rings. The summed E-state index contributed by atoms with van der Waals surface area (Å²) in [7, 11) is 3.52. The average Bonchev–Trinajstić information content (AvgIpc) is 2.96. The van der Waals surface area contributed by atoms with E-state index in [1.807, 2.05) is 0 Å². The van der Waals surface area contributed by atoms with Gasteiger partial charge in [0.25, 0.3) is 0 Å². The second-order valence-electron chi connectivity index (χ2n) is 6.68. The minimum Gasteiger partial charge on any atom is -0.354 e. The lowest BCUT2D eigenvalue weighted by Gasteiger charge is -2.26. The summed E-state index contributed by atoms with van der Waals surface area (Å²) < 4.78 is 0. The third-order valence-corrected chi connectivity index (χ3v) is 4.36. The van der Waals surface area contributed by atoms with Gasteiger partial charge in [-0.2, -0.15) is 0 Å². The molecular formula is C15H28N4O. The molecule has 2 saturated carbocycles. The molecule has 5 heteroatoms. The lowest BCUT2D eigenvalue weighted by Crippen LogP contribution is -2.48. The number of nitrogens with zero attached hydrogens (tertiary/aromatic N) is 2. The predicted octanol–water partition coefficient (Wildman–Crippen LogP) is 1.21. The van der Waals surface area contributed by atoms with Gasteiger partial charge in [-0.25, -0.2) is 4.99 Å². The Morgan fingerprint density at radius 2 is 2.05 bits per heavy atom. The molecule has 0 aromatic heterocycles. The Bertz CT molecular complexity index is 378. The minimum absolute atomic E-state index is 0.0304. The molecule has 2 aliphatic rings. The molecule has 0 aliphatic heterocycles. The molecule has 2 bridgehead atoms. The highest BCUT2D eigenvalue weighted by Gasteiger charge is 2.39. The number of nitrogens with one attached hydrogen (secondary N) is 2. The first-order valence-electron chi connectivity index (χ1n) is 7.73. The Balaban J connectivity index is 1.93. The summed E-state index contributed by atoms with van der Waals surface area (Å²) >= 11 is 0. The van der Waals surface area contributed by atoms with Crippen molar-refractivity contribution in [2.45, 2.75) is 51.6 Å². The van der Waals surface area contributed by atoms with Crippen LogP contribution in [0, 0.1) is 11.8 Å². The highest BCUT2D eigenvalue weighted by Crippen LogP contribution is 2.44. The molecule has 1 amide bonds. The molecular weight excluding hydrogens is 252 g/mol. The van der Waals surface area contributed by atoms with Crippen molar-refractivity contribution in [3.05, 3.63) is 0 Å². The number of rotatable bonds is 4. The summed E-state index contributed by atoms with van der Waals surface area (Å²) in [6, 6.07) is 0.850. The number of fused-ring (bicyclic) bond motifs is 2. The van der Waals surface area contributed by atoms with Crippen molar-refractivity contribution in [3.8, 4) is 0 Å². The van der Waals surface area contributed by atoms with Crippen LogP contribution in [0.4, 0.5) is 0 Å². The van der Waals surface area contributed by atoms with Crippen LogP contribution in [0.25, 0.3) is 0 Å². The van der Waals surface area contributed by atoms with E-state index < -0.39 is 0 Å². The first-order valence-corrected chi connectivity index (χ1v) is 7.73. The summed E-state index contributed by atoms with van der Waals surface area (Å²) in [6.45, 7) is 4.38. The van der Waals surface area contributed by atoms with Crippen molar-refractivity contribution < 1.29 is 4.79 Å². The molecule has 0 saturated heterocycles. The Kier molecular flexibility index (Phi) is 4.89. The normalized spacial score (nSPS) is 28.9. The van der Waals surface area contributed by atoms with Crippen LogP contribution >= 0.6 is 0 Å². The number of carbonyl (C=O) groups is 1. The van der Waals surface area contributed by atoms with Crippen LogP contribution in [0.1, 0.15) is 39.5 Å². The molecule has 20 heavy (non-hydrogen) atoms. The highest BCUT2D eigenvalue weighted by molar-refractivity contribution is 5.85. The Labute approximate surface area is 122 Å². The van der Waals surface area contributed by atoms with Crippen LogP contribution < -0.4 is 10.6 Å². The SMILES string of the molecule is CC(C)NC(=NCC(=O)N(C)C)N[C@H]1C[C@H]2CC[C@H]1C2. The van der Waals surface area contributed by atoms with E-state index >= 15 is 0 Å². The first-order chi connectivity index (χ1) is 9.45. The molecule has 5 nitrogen and oxygen atoms in total. The zero-order valence-corrected chi connectivity index (χ0v) is 13.1. The van der Waals surface area contributed by atoms with Gasteiger partial charge < -0.3 is 15.5 Å². The van der Waals surface area contributed by atoms with Crippen molar-refractivity contribution in [2.24, 2.45) is 16.8 Å². The molecule has 2 fully saturated rings. The Hall–Kier alpha value is -1.26. The van der Waals surface area contributed by atoms with Gasteiger partial charge in [-0.3, -0.25) is 4.79 Å². The van der Waals surface area contributed by atoms with Crippen molar-refractivity contribution in [1.82, 2.24) is 15.5 Å². The van der Waals surface area contributed by atoms with Gasteiger partial charge >= 0.3 is 0 Å². The van der Waals surface area contributed by atoms with Crippen LogP contribution in [-0.4, -0.2) is 49.5 Å². The summed E-state index contributed by atoms with van der Waals surface area (Å²) in [6.07, 6.45) is 5.36. The smallest absolute Gasteiger partial charge is 0.243 e. The van der Waals surface area contributed by atoms with E-state index in [4.69, 9.17) is 0 Å². The number of aliphatic imine (C=N–C) groups is 1. The van der Waals surface area contributed by atoms with Crippen LogP contribution in [0.5, 0.6) is 0 Å². The summed E-state index contributed by atoms with van der Waals surface area (Å²) in [5.41, 5.74) is 0. The molecule has 0 unspecified atom stereocenters. The van der Waals surface area contributed by atoms with Crippen molar-refractivity contribution in [1.29, 1.82) is 0 Å². The molecule has 2 aliphatic carbocycles. The Morgan fingerprint density at radius 1 is 1.30 bits per heavy atom. The molecule has 0 radical (unpaired) electrons. The summed E-state index contributed by atoms with van der Waals surface area (Å²) in [5.74, 6) is 2.51. The fourth-order valence-corrected chi connectivity index (χ4v) is 3.29. The van der Waals surface area contributed by atoms with Crippen LogP contribution in [0.2, 0.25) is 0 Å². The van der Waals surface area contributed by atoms with E-state index in [1.54, 1.807) is 19.0 Å². The van der Waals surface area contributed by atoms with Gasteiger partial charge in [0.05, 0.1) is 0 Å². The second kappa shape index (κ2) is 6.46. The van der Waals surface area contributed by atoms with E-state index in [0.29, 0.717) is 12.1 Å². The van der Waals surface area contributed by atoms with Gasteiger partial charge in [0, 0.05) is 26.2 Å². The van der Waals surface area contributed by atoms with Crippen LogP contribution in [0.15, 0.2) is 4.99 Å². The number of carbonyl (C=O) groups excluding carboxylic acids is 1. The fourth-order valence-electron chi connectivity index (χ4n) is 3.29. The predicted molar refractivity (Wildman–Crippen MR) is 81.6 cm³/mol. The maximum Gasteiger partial charge on any atom is 0.243 e. The van der Waals surface area contributed by atoms with Gasteiger partial charge in [-0.1, -0.05) is 6.42 Å². The zero-order chi connectivity index (χ0) is 14.7. The molecule has 0 heterocycles. The molecule has 0 aromatic carbocycles. The second-order valence-corrected chi connectivity index (χ2v) is 6.68. The van der Waals surface area contributed by atoms with Gasteiger partial charge in [0.15, 0.2) is 5.96 Å². The topological polar surface area (TPSA) is 56.7 Å². The average molecular weight is 280 g/mol. The number of guanidine groups is 1. The van der Waals surface area contributed by atoms with Crippen molar-refractivity contribution in [2.75, 3.05) is 20.6 Å². The minimum atomic E-state index is 0.0304. The van der Waals surface area contributed by atoms with E-state index in [9.17, 15) is 4.79 Å². The largest absolute Gasteiger partial charge is 0.354 e. The molecule has 2 N–H and O–H groups in total. The monoisotopic (exact) mass is 280 g/mol. The highest BCUT2D eigenvalue weighted by atomic mass is 16.2. The molecule has 114 valence electrons. The quantitative estimate of drug-likeness (QED) is 0.601. The van der Waals surface area contributed by atoms with Gasteiger partial charge in [-0.15, -0.1) is 0 Å². The van der Waals surface area contributed by atoms with Crippen LogP contribution in [-0.2, 0) is 4.79 Å². The third-order valence-electron chi connectivity index (χ3n) is 4.36. The number of hydrogen-bond acceptors (Lipinski definition) is 2. The van der Waals surface area contributed by atoms with Crippen LogP contribution in [0.3, 0.4) is 0 Å². The standard InChI is InChI=1S/C15H28N4O/c1-10(2)17-15(16-9-14(20)19(3)4)18-13-8-11-5-6-12(13)7-11/h10-13H,5-9H2,1-4H3,(H2,16,17,18)/t11-,12-,13-/m0/s1. The summed E-state index contributed by atoms with van der Waals surface area (Å²) in [4.78, 5) is 17.7. The molecule has 3 atom stereocenters. The Morgan fingerprint density at radius 3 is 2.55 bits per heavy atom. The maximum absolute atomic E-state index is 11.7. The van der Waals surface area contributed by atoms with E-state index in [-0.39, 0.29) is 12.5 Å². The molecule has 0 spiro atoms. The first kappa shape index (κ1) is 15.1. The maximum atomic E-state index is 11.7. The lowest BCUT2D eigenvalue weighted by atomic mass is 9.95. The van der Waals surface area contributed by atoms with Gasteiger partial charge in [0.1, 0.15) is 6.54 Å². The van der Waals surface area contributed by atoms with E-state index in [2.05, 4.69) is 29.5 Å². The number of likely N-dealkylation sites (N-methyl/N-ethyl adjacent to an activating group) is 1. The number of hydrogen-bond donors (Lipinski definition) is 2. The van der Waals surface area contributed by atoms with Crippen molar-refractivity contribution >= 4 is 11.9 Å².